The van der Waals surface area contributed by atoms with Gasteiger partial charge in [0.05, 0.1) is 27.2 Å². The first-order valence-electron chi connectivity index (χ1n) is 4.43. The lowest BCUT2D eigenvalue weighted by Crippen LogP contribution is -3.00. The summed E-state index contributed by atoms with van der Waals surface area (Å²) in [6.45, 7) is 1.27. The SMILES string of the molecule is CNC(NC)=[N+]1CCCC1CO.[I-]. The number of nitrogens with zero attached hydrogens (tertiary/aromatic N) is 1. The van der Waals surface area contributed by atoms with Gasteiger partial charge in [-0.25, -0.2) is 0 Å². The molecule has 3 N–H and O–H groups in total. The average molecular weight is 299 g/mol. The highest BCUT2D eigenvalue weighted by molar-refractivity contribution is 5.74. The van der Waals surface area contributed by atoms with E-state index in [-0.39, 0.29) is 30.6 Å². The van der Waals surface area contributed by atoms with Crippen molar-refractivity contribution in [1.29, 1.82) is 0 Å². The lowest BCUT2D eigenvalue weighted by molar-refractivity contribution is -0.550. The van der Waals surface area contributed by atoms with Crippen LogP contribution in [0.4, 0.5) is 0 Å². The Hall–Kier alpha value is -0.0400. The van der Waals surface area contributed by atoms with Crippen LogP contribution in [0.25, 0.3) is 0 Å². The zero-order valence-electron chi connectivity index (χ0n) is 8.18. The van der Waals surface area contributed by atoms with Gasteiger partial charge in [0, 0.05) is 0 Å². The molecule has 1 heterocycles. The van der Waals surface area contributed by atoms with Crippen LogP contribution in [0.5, 0.6) is 0 Å². The predicted molar refractivity (Wildman–Crippen MR) is 48.4 cm³/mol. The van der Waals surface area contributed by atoms with Gasteiger partial charge in [0.25, 0.3) is 0 Å². The summed E-state index contributed by atoms with van der Waals surface area (Å²) >= 11 is 0. The molecule has 4 nitrogen and oxygen atoms in total. The van der Waals surface area contributed by atoms with Crippen molar-refractivity contribution in [3.05, 3.63) is 0 Å². The summed E-state index contributed by atoms with van der Waals surface area (Å²) in [7, 11) is 3.77. The third-order valence-electron chi connectivity index (χ3n) is 2.35. The van der Waals surface area contributed by atoms with Gasteiger partial charge in [-0.1, -0.05) is 0 Å². The summed E-state index contributed by atoms with van der Waals surface area (Å²) in [5.74, 6) is 1.01. The average Bonchev–Trinajstić information content (AvgIpc) is 2.55. The minimum Gasteiger partial charge on any atom is -1.00 e. The maximum atomic E-state index is 9.07. The number of aliphatic hydroxyl groups is 1. The molecule has 0 bridgehead atoms. The number of hydrogen-bond acceptors (Lipinski definition) is 1. The van der Waals surface area contributed by atoms with Crippen molar-refractivity contribution in [3.8, 4) is 0 Å². The predicted octanol–water partition coefficient (Wildman–Crippen LogP) is -4.05. The zero-order valence-corrected chi connectivity index (χ0v) is 10.3. The van der Waals surface area contributed by atoms with Crippen molar-refractivity contribution in [2.45, 2.75) is 18.9 Å². The second kappa shape index (κ2) is 6.42. The second-order valence-corrected chi connectivity index (χ2v) is 3.02. The Morgan fingerprint density at radius 1 is 1.46 bits per heavy atom. The van der Waals surface area contributed by atoms with E-state index in [4.69, 9.17) is 5.11 Å². The molecule has 0 saturated carbocycles. The van der Waals surface area contributed by atoms with E-state index in [9.17, 15) is 0 Å². The first-order chi connectivity index (χ1) is 5.83. The monoisotopic (exact) mass is 299 g/mol. The Balaban J connectivity index is 0.00000144. The minimum atomic E-state index is 0. The molecule has 0 aromatic heterocycles. The summed E-state index contributed by atoms with van der Waals surface area (Å²) < 4.78 is 2.18. The molecule has 0 radical (unpaired) electrons. The van der Waals surface area contributed by atoms with Crippen LogP contribution in [0.1, 0.15) is 12.8 Å². The number of aliphatic hydroxyl groups excluding tert-OH is 1. The Labute approximate surface area is 96.4 Å². The molecule has 1 fully saturated rings. The Morgan fingerprint density at radius 2 is 2.08 bits per heavy atom. The van der Waals surface area contributed by atoms with Crippen LogP contribution in [0.15, 0.2) is 0 Å². The fourth-order valence-corrected chi connectivity index (χ4v) is 1.73. The second-order valence-electron chi connectivity index (χ2n) is 3.02. The normalized spacial score (nSPS) is 20.8. The standard InChI is InChI=1S/C8H17N3O.HI/c1-9-8(10-2)11-5-3-4-7(11)6-12;/h7,12H,3-6H2,1-2H3,(H,9,10);1H. The lowest BCUT2D eigenvalue weighted by Gasteiger charge is -2.11. The van der Waals surface area contributed by atoms with Gasteiger partial charge in [-0.15, -0.1) is 0 Å². The van der Waals surface area contributed by atoms with Gasteiger partial charge in [0.2, 0.25) is 0 Å². The maximum absolute atomic E-state index is 9.07. The molecule has 5 heteroatoms. The molecule has 1 aliphatic rings. The Morgan fingerprint density at radius 3 is 2.54 bits per heavy atom. The number of rotatable bonds is 1. The quantitative estimate of drug-likeness (QED) is 0.262. The van der Waals surface area contributed by atoms with Crippen LogP contribution in [-0.2, 0) is 0 Å². The van der Waals surface area contributed by atoms with E-state index < -0.39 is 0 Å². The topological polar surface area (TPSA) is 47.3 Å². The zero-order chi connectivity index (χ0) is 8.97. The highest BCUT2D eigenvalue weighted by Gasteiger charge is 2.25. The van der Waals surface area contributed by atoms with Crippen LogP contribution in [-0.4, -0.2) is 48.9 Å². The molecule has 1 atom stereocenters. The molecule has 0 aliphatic carbocycles. The van der Waals surface area contributed by atoms with E-state index in [1.807, 2.05) is 14.1 Å². The van der Waals surface area contributed by atoms with Crippen LogP contribution in [0, 0.1) is 0 Å². The lowest BCUT2D eigenvalue weighted by atomic mass is 10.2. The highest BCUT2D eigenvalue weighted by Crippen LogP contribution is 2.10. The van der Waals surface area contributed by atoms with E-state index in [2.05, 4.69) is 15.2 Å². The van der Waals surface area contributed by atoms with E-state index in [0.717, 1.165) is 25.3 Å². The van der Waals surface area contributed by atoms with Gasteiger partial charge in [0.15, 0.2) is 0 Å². The van der Waals surface area contributed by atoms with E-state index in [0.29, 0.717) is 6.04 Å². The van der Waals surface area contributed by atoms with Gasteiger partial charge in [0.1, 0.15) is 6.04 Å². The van der Waals surface area contributed by atoms with Gasteiger partial charge in [-0.05, 0) is 12.8 Å². The van der Waals surface area contributed by atoms with Gasteiger partial charge in [-0.3, -0.25) is 15.2 Å². The first kappa shape index (κ1) is 13.0. The largest absolute Gasteiger partial charge is 1.00 e. The van der Waals surface area contributed by atoms with Crippen molar-refractivity contribution >= 4 is 5.96 Å². The van der Waals surface area contributed by atoms with E-state index >= 15 is 0 Å². The first-order valence-corrected chi connectivity index (χ1v) is 4.43. The van der Waals surface area contributed by atoms with E-state index in [1.54, 1.807) is 0 Å². The van der Waals surface area contributed by atoms with Crippen LogP contribution < -0.4 is 34.6 Å². The molecule has 0 spiro atoms. The van der Waals surface area contributed by atoms with Crippen molar-refractivity contribution in [2.75, 3.05) is 27.2 Å². The summed E-state index contributed by atoms with van der Waals surface area (Å²) in [4.78, 5) is 0. The number of guanidine groups is 1. The van der Waals surface area contributed by atoms with E-state index in [1.165, 1.54) is 0 Å². The number of hydrogen-bond donors (Lipinski definition) is 3. The third kappa shape index (κ3) is 2.98. The van der Waals surface area contributed by atoms with Gasteiger partial charge in [-0.2, -0.15) is 0 Å². The summed E-state index contributed by atoms with van der Waals surface area (Å²) in [5.41, 5.74) is 0. The Kier molecular flexibility index (Phi) is 6.40. The molecule has 0 aromatic carbocycles. The van der Waals surface area contributed by atoms with Crippen molar-refractivity contribution in [2.24, 2.45) is 0 Å². The summed E-state index contributed by atoms with van der Waals surface area (Å²) in [5, 5.41) is 15.2. The van der Waals surface area contributed by atoms with Crippen molar-refractivity contribution in [3.63, 3.8) is 0 Å². The summed E-state index contributed by atoms with van der Waals surface area (Å²) in [6, 6.07) is 0.292. The molecule has 13 heavy (non-hydrogen) atoms. The smallest absolute Gasteiger partial charge is 0.345 e. The molecular weight excluding hydrogens is 281 g/mol. The molecule has 1 rings (SSSR count). The molecule has 1 unspecified atom stereocenters. The fourth-order valence-electron chi connectivity index (χ4n) is 1.73. The summed E-state index contributed by atoms with van der Waals surface area (Å²) in [6.07, 6.45) is 2.25. The van der Waals surface area contributed by atoms with Gasteiger partial charge >= 0.3 is 5.96 Å². The van der Waals surface area contributed by atoms with Crippen LogP contribution in [0.3, 0.4) is 0 Å². The number of nitrogens with one attached hydrogen (secondary N) is 2. The fraction of sp³-hybridized carbons (Fsp3) is 0.875. The molecule has 1 saturated heterocycles. The third-order valence-corrected chi connectivity index (χ3v) is 2.35. The molecule has 0 amide bonds. The molecule has 78 valence electrons. The van der Waals surface area contributed by atoms with Crippen LogP contribution in [0.2, 0.25) is 0 Å². The molecule has 1 aliphatic heterocycles. The van der Waals surface area contributed by atoms with Crippen molar-refractivity contribution < 1.29 is 33.7 Å². The number of halogens is 1. The van der Waals surface area contributed by atoms with Gasteiger partial charge < -0.3 is 29.1 Å². The van der Waals surface area contributed by atoms with Crippen molar-refractivity contribution in [1.82, 2.24) is 10.6 Å². The Bertz CT molecular complexity index is 178. The molecular formula is C8H18IN3O. The maximum Gasteiger partial charge on any atom is 0.345 e. The minimum absolute atomic E-state index is 0. The highest BCUT2D eigenvalue weighted by atomic mass is 127. The molecule has 0 aromatic rings. The van der Waals surface area contributed by atoms with Crippen LogP contribution >= 0.6 is 0 Å².